The van der Waals surface area contributed by atoms with E-state index in [0.717, 1.165) is 118 Å². The summed E-state index contributed by atoms with van der Waals surface area (Å²) in [5, 5.41) is 0. The minimum absolute atomic E-state index is 0.925. The van der Waals surface area contributed by atoms with Crippen molar-refractivity contribution in [2.75, 3.05) is 0 Å². The summed E-state index contributed by atoms with van der Waals surface area (Å²) in [7, 11) is 0. The molecule has 0 heteroatoms. The molecule has 0 heterocycles. The Kier molecular flexibility index (Phi) is 4.64. The highest BCUT2D eigenvalue weighted by molar-refractivity contribution is 5.27. The molecule has 7 fully saturated rings. The molecule has 0 N–H and O–H groups in total. The summed E-state index contributed by atoms with van der Waals surface area (Å²) in [4.78, 5) is 0. The number of rotatable bonds is 0. The molecule has 20 unspecified atom stereocenters. The van der Waals surface area contributed by atoms with E-state index in [1.54, 1.807) is 12.8 Å². The Morgan fingerprint density at radius 1 is 0.275 bits per heavy atom. The summed E-state index contributed by atoms with van der Waals surface area (Å²) < 4.78 is 0. The molecule has 0 spiro atoms. The molecule has 7 saturated carbocycles. The first kappa shape index (κ1) is 23.0. The van der Waals surface area contributed by atoms with Gasteiger partial charge in [0.25, 0.3) is 0 Å². The van der Waals surface area contributed by atoms with Crippen molar-refractivity contribution in [1.82, 2.24) is 0 Å². The number of hydrogen-bond acceptors (Lipinski definition) is 0. The minimum Gasteiger partial charge on any atom is -0.0879 e. The molecule has 13 rings (SSSR count). The lowest BCUT2D eigenvalue weighted by Gasteiger charge is -2.38. The van der Waals surface area contributed by atoms with Gasteiger partial charge in [0.15, 0.2) is 0 Å². The van der Waals surface area contributed by atoms with Crippen molar-refractivity contribution in [1.29, 1.82) is 0 Å². The second kappa shape index (κ2) is 8.08. The van der Waals surface area contributed by atoms with E-state index in [4.69, 9.17) is 0 Å². The molecule has 0 aliphatic heterocycles. The SMILES string of the molecule is C1=CC2C(C1)C1CC2C2C3C=CC(C3)C12.C1=CC2C3C=CC(C3)C2C1.C1=CC2CC1C1CC3C4C=CC(C4)C3C21. The average Bonchev–Trinajstić information content (AvgIpc) is 3.81. The van der Waals surface area contributed by atoms with E-state index < -0.39 is 0 Å². The van der Waals surface area contributed by atoms with E-state index in [-0.39, 0.29) is 0 Å². The van der Waals surface area contributed by atoms with Gasteiger partial charge in [-0.1, -0.05) is 72.9 Å². The molecule has 0 nitrogen and oxygen atoms in total. The Morgan fingerprint density at radius 2 is 0.700 bits per heavy atom. The molecule has 0 aromatic rings. The van der Waals surface area contributed by atoms with Crippen LogP contribution in [-0.4, -0.2) is 0 Å². The second-order valence-electron chi connectivity index (χ2n) is 17.0. The maximum absolute atomic E-state index is 2.57. The van der Waals surface area contributed by atoms with Gasteiger partial charge in [-0.3, -0.25) is 0 Å². The lowest BCUT2D eigenvalue weighted by atomic mass is 9.66. The topological polar surface area (TPSA) is 0 Å². The average molecular weight is 529 g/mol. The van der Waals surface area contributed by atoms with Gasteiger partial charge >= 0.3 is 0 Å². The summed E-state index contributed by atoms with van der Waals surface area (Å²) in [6, 6.07) is 0. The zero-order chi connectivity index (χ0) is 25.7. The molecule has 0 saturated heterocycles. The summed E-state index contributed by atoms with van der Waals surface area (Å²) in [6.07, 6.45) is 42.0. The molecule has 20 atom stereocenters. The first-order valence-corrected chi connectivity index (χ1v) is 17.9. The Bertz CT molecular complexity index is 1240. The normalized spacial score (nSPS) is 63.6. The minimum atomic E-state index is 0.925. The van der Waals surface area contributed by atoms with Crippen LogP contribution in [0.25, 0.3) is 0 Å². The highest BCUT2D eigenvalue weighted by atomic mass is 14.7. The molecule has 13 aliphatic rings. The van der Waals surface area contributed by atoms with Gasteiger partial charge in [0.05, 0.1) is 0 Å². The van der Waals surface area contributed by atoms with Gasteiger partial charge in [-0.05, 0) is 170 Å². The smallest absolute Gasteiger partial charge is 0.0133 e. The number of allylic oxidation sites excluding steroid dienone is 12. The number of fused-ring (bicyclic) bond motifs is 28. The summed E-state index contributed by atoms with van der Waals surface area (Å²) in [6.45, 7) is 0. The van der Waals surface area contributed by atoms with Crippen LogP contribution in [0.4, 0.5) is 0 Å². The van der Waals surface area contributed by atoms with E-state index in [9.17, 15) is 0 Å². The van der Waals surface area contributed by atoms with Crippen LogP contribution in [0.3, 0.4) is 0 Å². The third-order valence-corrected chi connectivity index (χ3v) is 16.2. The first-order chi connectivity index (χ1) is 19.8. The first-order valence-electron chi connectivity index (χ1n) is 17.9. The molecule has 208 valence electrons. The van der Waals surface area contributed by atoms with Crippen LogP contribution < -0.4 is 0 Å². The predicted octanol–water partition coefficient (Wildman–Crippen LogP) is 8.92. The largest absolute Gasteiger partial charge is 0.0879 e. The molecular weight excluding hydrogens is 480 g/mol. The third-order valence-electron chi connectivity index (χ3n) is 16.2. The molecule has 0 radical (unpaired) electrons. The van der Waals surface area contributed by atoms with Gasteiger partial charge in [0, 0.05) is 0 Å². The van der Waals surface area contributed by atoms with Crippen molar-refractivity contribution >= 4 is 0 Å². The molecule has 0 aromatic carbocycles. The van der Waals surface area contributed by atoms with Crippen molar-refractivity contribution in [3.05, 3.63) is 72.9 Å². The Hall–Kier alpha value is -1.56. The summed E-state index contributed by atoms with van der Waals surface area (Å²) in [5.74, 6) is 20.7. The zero-order valence-corrected chi connectivity index (χ0v) is 24.1. The van der Waals surface area contributed by atoms with Gasteiger partial charge in [-0.25, -0.2) is 0 Å². The van der Waals surface area contributed by atoms with Crippen molar-refractivity contribution < 1.29 is 0 Å². The molecular formula is C40H48. The van der Waals surface area contributed by atoms with Crippen LogP contribution in [-0.2, 0) is 0 Å². The van der Waals surface area contributed by atoms with Crippen LogP contribution >= 0.6 is 0 Å². The fourth-order valence-corrected chi connectivity index (χ4v) is 15.2. The molecule has 0 aromatic heterocycles. The van der Waals surface area contributed by atoms with Crippen molar-refractivity contribution in [3.63, 3.8) is 0 Å². The van der Waals surface area contributed by atoms with Gasteiger partial charge in [0.2, 0.25) is 0 Å². The van der Waals surface area contributed by atoms with Crippen LogP contribution in [0.15, 0.2) is 72.9 Å². The highest BCUT2D eigenvalue weighted by Gasteiger charge is 2.64. The lowest BCUT2D eigenvalue weighted by molar-refractivity contribution is 0.121. The fourth-order valence-electron chi connectivity index (χ4n) is 15.2. The van der Waals surface area contributed by atoms with E-state index in [0.29, 0.717) is 0 Å². The van der Waals surface area contributed by atoms with Gasteiger partial charge in [0.1, 0.15) is 0 Å². The molecule has 13 aliphatic carbocycles. The van der Waals surface area contributed by atoms with Crippen LogP contribution in [0, 0.1) is 118 Å². The maximum Gasteiger partial charge on any atom is -0.0133 e. The van der Waals surface area contributed by atoms with E-state index >= 15 is 0 Å². The zero-order valence-electron chi connectivity index (χ0n) is 24.1. The number of hydrogen-bond donors (Lipinski definition) is 0. The second-order valence-corrected chi connectivity index (χ2v) is 17.0. The quantitative estimate of drug-likeness (QED) is 0.217. The van der Waals surface area contributed by atoms with E-state index in [1.165, 1.54) is 38.5 Å². The Morgan fingerprint density at radius 3 is 1.35 bits per heavy atom. The summed E-state index contributed by atoms with van der Waals surface area (Å²) >= 11 is 0. The van der Waals surface area contributed by atoms with Crippen molar-refractivity contribution in [2.24, 2.45) is 118 Å². The van der Waals surface area contributed by atoms with Crippen molar-refractivity contribution in [2.45, 2.75) is 51.4 Å². The maximum atomic E-state index is 2.57. The molecule has 10 bridgehead atoms. The van der Waals surface area contributed by atoms with E-state index in [1.807, 2.05) is 0 Å². The molecule has 0 amide bonds. The van der Waals surface area contributed by atoms with E-state index in [2.05, 4.69) is 72.9 Å². The highest BCUT2D eigenvalue weighted by Crippen LogP contribution is 2.70. The van der Waals surface area contributed by atoms with Crippen LogP contribution in [0.1, 0.15) is 51.4 Å². The fraction of sp³-hybridized carbons (Fsp3) is 0.700. The van der Waals surface area contributed by atoms with Crippen LogP contribution in [0.5, 0.6) is 0 Å². The Balaban J connectivity index is 0.0000000800. The summed E-state index contributed by atoms with van der Waals surface area (Å²) in [5.41, 5.74) is 0. The van der Waals surface area contributed by atoms with Crippen LogP contribution in [0.2, 0.25) is 0 Å². The standard InChI is InChI=1S/2C15H18.C10H12/c1-3-10-5-8(1)12-7-13-9-2-4-11(6-9)15(13)14(10)12;1-2-10-11(3-1)13-7-12(10)14-8-4-5-9(6-8)15(13)14;1-2-9-7-4-5-8(6-7)10(9)3-1/h1-4,8-15H,5-7H2;1-2,4-5,8-15H,3,6-7H2;1-2,4-5,7-10H,3,6H2. The Labute approximate surface area is 242 Å². The van der Waals surface area contributed by atoms with Crippen molar-refractivity contribution in [3.8, 4) is 0 Å². The predicted molar refractivity (Wildman–Crippen MR) is 162 cm³/mol. The van der Waals surface area contributed by atoms with Gasteiger partial charge in [-0.2, -0.15) is 0 Å². The van der Waals surface area contributed by atoms with Gasteiger partial charge in [-0.15, -0.1) is 0 Å². The molecule has 40 heavy (non-hydrogen) atoms. The lowest BCUT2D eigenvalue weighted by Crippen LogP contribution is -2.34. The third kappa shape index (κ3) is 2.86. The van der Waals surface area contributed by atoms with Gasteiger partial charge < -0.3 is 0 Å². The monoisotopic (exact) mass is 528 g/mol.